The second-order valence-corrected chi connectivity index (χ2v) is 3.16. The highest BCUT2D eigenvalue weighted by Crippen LogP contribution is 2.33. The van der Waals surface area contributed by atoms with Crippen LogP contribution in [0.15, 0.2) is 12.1 Å². The van der Waals surface area contributed by atoms with Crippen molar-refractivity contribution in [2.24, 2.45) is 0 Å². The highest BCUT2D eigenvalue weighted by atomic mass is 35.5. The van der Waals surface area contributed by atoms with Crippen molar-refractivity contribution in [3.05, 3.63) is 22.8 Å². The predicted molar refractivity (Wildman–Crippen MR) is 47.4 cm³/mol. The van der Waals surface area contributed by atoms with E-state index in [2.05, 4.69) is 10.1 Å². The summed E-state index contributed by atoms with van der Waals surface area (Å²) in [5, 5.41) is 3.55. The molecule has 2 heterocycles. The quantitative estimate of drug-likeness (QED) is 0.712. The van der Waals surface area contributed by atoms with Crippen molar-refractivity contribution in [2.75, 3.05) is 5.73 Å². The van der Waals surface area contributed by atoms with Gasteiger partial charge in [-0.2, -0.15) is 22.7 Å². The molecule has 80 valence electrons. The maximum atomic E-state index is 12.5. The lowest BCUT2D eigenvalue weighted by molar-refractivity contribution is -0.136. The number of halogens is 4. The van der Waals surface area contributed by atoms with E-state index in [1.54, 1.807) is 0 Å². The third kappa shape index (κ3) is 1.58. The van der Waals surface area contributed by atoms with E-state index in [4.69, 9.17) is 17.3 Å². The fourth-order valence-electron chi connectivity index (χ4n) is 1.17. The third-order valence-electron chi connectivity index (χ3n) is 1.76. The molecule has 0 saturated heterocycles. The summed E-state index contributed by atoms with van der Waals surface area (Å²) in [7, 11) is 0. The first-order valence-electron chi connectivity index (χ1n) is 3.77. The molecule has 2 aromatic heterocycles. The van der Waals surface area contributed by atoms with Crippen molar-refractivity contribution in [2.45, 2.75) is 6.18 Å². The van der Waals surface area contributed by atoms with Gasteiger partial charge in [-0.3, -0.25) is 0 Å². The molecule has 0 aliphatic carbocycles. The molecule has 0 bridgehead atoms. The molecule has 0 radical (unpaired) electrons. The Morgan fingerprint density at radius 2 is 2.00 bits per heavy atom. The summed E-state index contributed by atoms with van der Waals surface area (Å²) in [6.07, 6.45) is -4.51. The van der Waals surface area contributed by atoms with Crippen LogP contribution in [0.25, 0.3) is 5.65 Å². The van der Waals surface area contributed by atoms with E-state index in [9.17, 15) is 13.2 Å². The fraction of sp³-hybridized carbons (Fsp3) is 0.143. The van der Waals surface area contributed by atoms with Crippen LogP contribution in [0.1, 0.15) is 5.56 Å². The van der Waals surface area contributed by atoms with Crippen molar-refractivity contribution in [1.82, 2.24) is 14.6 Å². The molecule has 0 spiro atoms. The van der Waals surface area contributed by atoms with Gasteiger partial charge < -0.3 is 5.73 Å². The molecule has 0 fully saturated rings. The molecule has 0 aliphatic heterocycles. The summed E-state index contributed by atoms with van der Waals surface area (Å²) < 4.78 is 38.3. The number of fused-ring (bicyclic) bond motifs is 1. The Bertz CT molecular complexity index is 519. The molecule has 15 heavy (non-hydrogen) atoms. The van der Waals surface area contributed by atoms with Gasteiger partial charge in [0.25, 0.3) is 0 Å². The van der Waals surface area contributed by atoms with Gasteiger partial charge in [0.15, 0.2) is 5.65 Å². The predicted octanol–water partition coefficient (Wildman–Crippen LogP) is 1.98. The molecule has 8 heteroatoms. The SMILES string of the molecule is Nc1nc2c(C(F)(F)F)ccc(Cl)n2n1. The van der Waals surface area contributed by atoms with Gasteiger partial charge in [-0.15, -0.1) is 5.10 Å². The average molecular weight is 237 g/mol. The van der Waals surface area contributed by atoms with Gasteiger partial charge >= 0.3 is 6.18 Å². The summed E-state index contributed by atoms with van der Waals surface area (Å²) in [6.45, 7) is 0. The number of anilines is 1. The van der Waals surface area contributed by atoms with E-state index >= 15 is 0 Å². The first kappa shape index (κ1) is 10.0. The number of hydrogen-bond donors (Lipinski definition) is 1. The normalized spacial score (nSPS) is 12.3. The number of pyridine rings is 1. The van der Waals surface area contributed by atoms with Crippen molar-refractivity contribution in [1.29, 1.82) is 0 Å². The molecule has 0 atom stereocenters. The van der Waals surface area contributed by atoms with Crippen LogP contribution in [0.3, 0.4) is 0 Å². The molecular weight excluding hydrogens is 233 g/mol. The van der Waals surface area contributed by atoms with Crippen LogP contribution in [-0.2, 0) is 6.18 Å². The largest absolute Gasteiger partial charge is 0.420 e. The minimum absolute atomic E-state index is 0.0159. The standard InChI is InChI=1S/C7H4ClF3N4/c8-4-2-1-3(7(9,10)11)5-13-6(12)14-15(4)5/h1-2H,(H2,12,14). The zero-order valence-electron chi connectivity index (χ0n) is 7.09. The maximum Gasteiger partial charge on any atom is 0.420 e. The van der Waals surface area contributed by atoms with Gasteiger partial charge in [0, 0.05) is 0 Å². The van der Waals surface area contributed by atoms with E-state index < -0.39 is 17.4 Å². The monoisotopic (exact) mass is 236 g/mol. The highest BCUT2D eigenvalue weighted by molar-refractivity contribution is 6.29. The van der Waals surface area contributed by atoms with E-state index in [-0.39, 0.29) is 11.1 Å². The van der Waals surface area contributed by atoms with Crippen LogP contribution in [-0.4, -0.2) is 14.6 Å². The van der Waals surface area contributed by atoms with Crippen molar-refractivity contribution >= 4 is 23.2 Å². The van der Waals surface area contributed by atoms with Gasteiger partial charge in [-0.1, -0.05) is 11.6 Å². The molecule has 2 aromatic rings. The van der Waals surface area contributed by atoms with Gasteiger partial charge in [-0.25, -0.2) is 0 Å². The number of nitrogen functional groups attached to an aromatic ring is 1. The van der Waals surface area contributed by atoms with E-state index in [0.717, 1.165) is 16.6 Å². The lowest BCUT2D eigenvalue weighted by atomic mass is 10.2. The van der Waals surface area contributed by atoms with Crippen molar-refractivity contribution in [3.8, 4) is 0 Å². The van der Waals surface area contributed by atoms with E-state index in [1.807, 2.05) is 0 Å². The Morgan fingerprint density at radius 3 is 2.60 bits per heavy atom. The molecular formula is C7H4ClF3N4. The van der Waals surface area contributed by atoms with Crippen LogP contribution in [0.5, 0.6) is 0 Å². The second-order valence-electron chi connectivity index (χ2n) is 2.77. The zero-order chi connectivity index (χ0) is 11.2. The van der Waals surface area contributed by atoms with Gasteiger partial charge in [0.2, 0.25) is 5.95 Å². The summed E-state index contributed by atoms with van der Waals surface area (Å²) in [4.78, 5) is 3.47. The molecule has 0 saturated carbocycles. The molecule has 2 rings (SSSR count). The number of nitrogens with two attached hydrogens (primary N) is 1. The first-order chi connectivity index (χ1) is 6.89. The molecule has 0 aliphatic rings. The van der Waals surface area contributed by atoms with Crippen LogP contribution >= 0.6 is 11.6 Å². The van der Waals surface area contributed by atoms with Crippen LogP contribution in [0.4, 0.5) is 19.1 Å². The molecule has 2 N–H and O–H groups in total. The Hall–Kier alpha value is -1.50. The molecule has 4 nitrogen and oxygen atoms in total. The Morgan fingerprint density at radius 1 is 1.33 bits per heavy atom. The summed E-state index contributed by atoms with van der Waals surface area (Å²) in [6, 6.07) is 1.93. The first-order valence-corrected chi connectivity index (χ1v) is 4.15. The number of aromatic nitrogens is 3. The number of nitrogens with zero attached hydrogens (tertiary/aromatic N) is 3. The second kappa shape index (κ2) is 2.99. The van der Waals surface area contributed by atoms with Crippen LogP contribution in [0, 0.1) is 0 Å². The minimum Gasteiger partial charge on any atom is -0.366 e. The average Bonchev–Trinajstić information content (AvgIpc) is 2.45. The summed E-state index contributed by atoms with van der Waals surface area (Å²) in [5.74, 6) is -0.256. The molecule has 0 amide bonds. The van der Waals surface area contributed by atoms with Crippen LogP contribution in [0.2, 0.25) is 5.15 Å². The van der Waals surface area contributed by atoms with Crippen LogP contribution < -0.4 is 5.73 Å². The van der Waals surface area contributed by atoms with E-state index in [1.165, 1.54) is 0 Å². The Kier molecular flexibility index (Phi) is 2.00. The fourth-order valence-corrected chi connectivity index (χ4v) is 1.35. The number of rotatable bonds is 0. The molecule has 0 aromatic carbocycles. The van der Waals surface area contributed by atoms with E-state index in [0.29, 0.717) is 0 Å². The third-order valence-corrected chi connectivity index (χ3v) is 2.05. The van der Waals surface area contributed by atoms with Gasteiger partial charge in [0.1, 0.15) is 10.7 Å². The highest BCUT2D eigenvalue weighted by Gasteiger charge is 2.34. The van der Waals surface area contributed by atoms with Gasteiger partial charge in [-0.05, 0) is 12.1 Å². The number of alkyl halides is 3. The molecule has 0 unspecified atom stereocenters. The minimum atomic E-state index is -4.51. The lowest BCUT2D eigenvalue weighted by Crippen LogP contribution is -2.08. The van der Waals surface area contributed by atoms with Crippen molar-refractivity contribution < 1.29 is 13.2 Å². The Labute approximate surface area is 86.5 Å². The summed E-state index contributed by atoms with van der Waals surface area (Å²) in [5.41, 5.74) is 3.89. The Balaban J connectivity index is 2.83. The van der Waals surface area contributed by atoms with Crippen molar-refractivity contribution in [3.63, 3.8) is 0 Å². The summed E-state index contributed by atoms with van der Waals surface area (Å²) >= 11 is 5.63. The van der Waals surface area contributed by atoms with Gasteiger partial charge in [0.05, 0.1) is 0 Å². The zero-order valence-corrected chi connectivity index (χ0v) is 7.84. The topological polar surface area (TPSA) is 56.2 Å². The maximum absolute atomic E-state index is 12.5. The smallest absolute Gasteiger partial charge is 0.366 e. The number of hydrogen-bond acceptors (Lipinski definition) is 3. The lowest BCUT2D eigenvalue weighted by Gasteiger charge is -2.07.